The lowest BCUT2D eigenvalue weighted by atomic mass is 10.0. The SMILES string of the molecule is Cc1ccccc1CC(=O)NC1CCN(C(=O)NC(C)C)CC1. The van der Waals surface area contributed by atoms with E-state index in [1.807, 2.05) is 49.9 Å². The number of carbonyl (C=O) groups is 2. The van der Waals surface area contributed by atoms with Crippen LogP contribution in [0.15, 0.2) is 24.3 Å². The predicted octanol–water partition coefficient (Wildman–Crippen LogP) is 2.24. The number of benzene rings is 1. The minimum Gasteiger partial charge on any atom is -0.353 e. The normalized spacial score (nSPS) is 15.6. The second kappa shape index (κ2) is 7.99. The summed E-state index contributed by atoms with van der Waals surface area (Å²) in [6.07, 6.45) is 2.04. The molecule has 0 atom stereocenters. The summed E-state index contributed by atoms with van der Waals surface area (Å²) in [5.74, 6) is 0.0596. The maximum atomic E-state index is 12.2. The second-order valence-electron chi connectivity index (χ2n) is 6.54. The molecule has 0 spiro atoms. The number of piperidine rings is 1. The van der Waals surface area contributed by atoms with E-state index in [9.17, 15) is 9.59 Å². The van der Waals surface area contributed by atoms with Crippen molar-refractivity contribution in [3.8, 4) is 0 Å². The maximum absolute atomic E-state index is 12.2. The summed E-state index contributed by atoms with van der Waals surface area (Å²) >= 11 is 0. The molecule has 1 aromatic carbocycles. The smallest absolute Gasteiger partial charge is 0.317 e. The van der Waals surface area contributed by atoms with Gasteiger partial charge in [0.15, 0.2) is 0 Å². The molecule has 0 bridgehead atoms. The third kappa shape index (κ3) is 5.27. The van der Waals surface area contributed by atoms with Crippen LogP contribution in [0.5, 0.6) is 0 Å². The Kier molecular flexibility index (Phi) is 6.02. The molecule has 0 aliphatic carbocycles. The lowest BCUT2D eigenvalue weighted by molar-refractivity contribution is -0.121. The van der Waals surface area contributed by atoms with Crippen LogP contribution in [0.1, 0.15) is 37.8 Å². The van der Waals surface area contributed by atoms with E-state index in [4.69, 9.17) is 0 Å². The highest BCUT2D eigenvalue weighted by molar-refractivity contribution is 5.79. The molecule has 2 rings (SSSR count). The van der Waals surface area contributed by atoms with Gasteiger partial charge < -0.3 is 15.5 Å². The van der Waals surface area contributed by atoms with E-state index in [-0.39, 0.29) is 24.0 Å². The molecule has 0 radical (unpaired) electrons. The summed E-state index contributed by atoms with van der Waals surface area (Å²) in [5, 5.41) is 6.00. The van der Waals surface area contributed by atoms with E-state index < -0.39 is 0 Å². The fourth-order valence-corrected chi connectivity index (χ4v) is 2.83. The van der Waals surface area contributed by atoms with Crippen LogP contribution in [0, 0.1) is 6.92 Å². The van der Waals surface area contributed by atoms with Gasteiger partial charge in [0.05, 0.1) is 6.42 Å². The van der Waals surface area contributed by atoms with Crippen molar-refractivity contribution in [2.75, 3.05) is 13.1 Å². The standard InChI is InChI=1S/C18H27N3O2/c1-13(2)19-18(23)21-10-8-16(9-11-21)20-17(22)12-15-7-5-4-6-14(15)3/h4-7,13,16H,8-12H2,1-3H3,(H,19,23)(H,20,22). The van der Waals surface area contributed by atoms with Crippen LogP contribution in [0.25, 0.3) is 0 Å². The molecule has 1 fully saturated rings. The zero-order chi connectivity index (χ0) is 16.8. The Morgan fingerprint density at radius 3 is 2.48 bits per heavy atom. The average Bonchev–Trinajstić information content (AvgIpc) is 2.49. The molecule has 2 N–H and O–H groups in total. The molecule has 1 aliphatic rings. The fourth-order valence-electron chi connectivity index (χ4n) is 2.83. The van der Waals surface area contributed by atoms with E-state index >= 15 is 0 Å². The quantitative estimate of drug-likeness (QED) is 0.894. The van der Waals surface area contributed by atoms with E-state index in [1.165, 1.54) is 0 Å². The van der Waals surface area contributed by atoms with Gasteiger partial charge in [0, 0.05) is 25.2 Å². The number of carbonyl (C=O) groups excluding carboxylic acids is 2. The first-order chi connectivity index (χ1) is 11.0. The van der Waals surface area contributed by atoms with Gasteiger partial charge in [-0.15, -0.1) is 0 Å². The largest absolute Gasteiger partial charge is 0.353 e. The third-order valence-electron chi connectivity index (χ3n) is 4.17. The van der Waals surface area contributed by atoms with E-state index in [1.54, 1.807) is 0 Å². The van der Waals surface area contributed by atoms with Gasteiger partial charge in [-0.1, -0.05) is 24.3 Å². The number of nitrogens with zero attached hydrogens (tertiary/aromatic N) is 1. The van der Waals surface area contributed by atoms with Crippen molar-refractivity contribution in [1.29, 1.82) is 0 Å². The zero-order valence-corrected chi connectivity index (χ0v) is 14.3. The highest BCUT2D eigenvalue weighted by Crippen LogP contribution is 2.12. The van der Waals surface area contributed by atoms with Gasteiger partial charge in [-0.05, 0) is 44.7 Å². The maximum Gasteiger partial charge on any atom is 0.317 e. The molecular weight excluding hydrogens is 290 g/mol. The van der Waals surface area contributed by atoms with Crippen LogP contribution in [0.4, 0.5) is 4.79 Å². The summed E-state index contributed by atoms with van der Waals surface area (Å²) in [6.45, 7) is 7.31. The van der Waals surface area contributed by atoms with Crippen molar-refractivity contribution in [1.82, 2.24) is 15.5 Å². The van der Waals surface area contributed by atoms with Gasteiger partial charge in [-0.25, -0.2) is 4.79 Å². The minimum atomic E-state index is -0.00955. The monoisotopic (exact) mass is 317 g/mol. The zero-order valence-electron chi connectivity index (χ0n) is 14.3. The van der Waals surface area contributed by atoms with E-state index in [2.05, 4.69) is 10.6 Å². The number of aryl methyl sites for hydroxylation is 1. The molecule has 0 saturated carbocycles. The number of likely N-dealkylation sites (tertiary alicyclic amines) is 1. The first-order valence-corrected chi connectivity index (χ1v) is 8.35. The molecule has 3 amide bonds. The van der Waals surface area contributed by atoms with Gasteiger partial charge in [0.2, 0.25) is 5.91 Å². The Morgan fingerprint density at radius 1 is 1.22 bits per heavy atom. The van der Waals surface area contributed by atoms with Gasteiger partial charge in [-0.2, -0.15) is 0 Å². The molecule has 5 heteroatoms. The summed E-state index contributed by atoms with van der Waals surface area (Å²) < 4.78 is 0. The van der Waals surface area contributed by atoms with Gasteiger partial charge >= 0.3 is 6.03 Å². The molecule has 1 aliphatic heterocycles. The summed E-state index contributed by atoms with van der Waals surface area (Å²) in [6, 6.07) is 8.26. The fraction of sp³-hybridized carbons (Fsp3) is 0.556. The molecule has 23 heavy (non-hydrogen) atoms. The third-order valence-corrected chi connectivity index (χ3v) is 4.17. The number of urea groups is 1. The van der Waals surface area contributed by atoms with E-state index in [0.717, 1.165) is 24.0 Å². The molecule has 1 heterocycles. The molecule has 5 nitrogen and oxygen atoms in total. The molecular formula is C18H27N3O2. The first kappa shape index (κ1) is 17.3. The van der Waals surface area contributed by atoms with Crippen LogP contribution in [-0.4, -0.2) is 42.0 Å². The number of rotatable bonds is 4. The van der Waals surface area contributed by atoms with Crippen LogP contribution in [0.3, 0.4) is 0 Å². The van der Waals surface area contributed by atoms with Gasteiger partial charge in [0.25, 0.3) is 0 Å². The number of nitrogens with one attached hydrogen (secondary N) is 2. The van der Waals surface area contributed by atoms with Gasteiger partial charge in [0.1, 0.15) is 0 Å². The minimum absolute atomic E-state index is 0.00955. The Hall–Kier alpha value is -2.04. The lowest BCUT2D eigenvalue weighted by Gasteiger charge is -2.33. The Morgan fingerprint density at radius 2 is 1.87 bits per heavy atom. The Labute approximate surface area is 138 Å². The number of hydrogen-bond donors (Lipinski definition) is 2. The topological polar surface area (TPSA) is 61.4 Å². The molecule has 126 valence electrons. The molecule has 0 aromatic heterocycles. The lowest BCUT2D eigenvalue weighted by Crippen LogP contribution is -2.50. The average molecular weight is 317 g/mol. The first-order valence-electron chi connectivity index (χ1n) is 8.35. The van der Waals surface area contributed by atoms with Crippen molar-refractivity contribution in [3.63, 3.8) is 0 Å². The Bertz CT molecular complexity index is 549. The van der Waals surface area contributed by atoms with Gasteiger partial charge in [-0.3, -0.25) is 4.79 Å². The molecule has 0 unspecified atom stereocenters. The highest BCUT2D eigenvalue weighted by Gasteiger charge is 2.24. The van der Waals surface area contributed by atoms with Crippen molar-refractivity contribution >= 4 is 11.9 Å². The number of hydrogen-bond acceptors (Lipinski definition) is 2. The van der Waals surface area contributed by atoms with Crippen molar-refractivity contribution in [2.24, 2.45) is 0 Å². The van der Waals surface area contributed by atoms with Crippen LogP contribution in [0.2, 0.25) is 0 Å². The highest BCUT2D eigenvalue weighted by atomic mass is 16.2. The molecule has 1 aromatic rings. The van der Waals surface area contributed by atoms with Crippen LogP contribution < -0.4 is 10.6 Å². The van der Waals surface area contributed by atoms with Crippen molar-refractivity contribution in [2.45, 2.75) is 52.1 Å². The van der Waals surface area contributed by atoms with Crippen molar-refractivity contribution in [3.05, 3.63) is 35.4 Å². The van der Waals surface area contributed by atoms with Crippen molar-refractivity contribution < 1.29 is 9.59 Å². The van der Waals surface area contributed by atoms with Crippen LogP contribution >= 0.6 is 0 Å². The molecule has 1 saturated heterocycles. The van der Waals surface area contributed by atoms with E-state index in [0.29, 0.717) is 19.5 Å². The summed E-state index contributed by atoms with van der Waals surface area (Å²) in [4.78, 5) is 26.0. The summed E-state index contributed by atoms with van der Waals surface area (Å²) in [7, 11) is 0. The van der Waals surface area contributed by atoms with Crippen LogP contribution in [-0.2, 0) is 11.2 Å². The Balaban J connectivity index is 1.77. The second-order valence-corrected chi connectivity index (χ2v) is 6.54. The summed E-state index contributed by atoms with van der Waals surface area (Å²) in [5.41, 5.74) is 2.21. The number of amides is 3. The predicted molar refractivity (Wildman–Crippen MR) is 91.3 cm³/mol.